The molecule has 6 heteroatoms. The molecule has 0 N–H and O–H groups in total. The highest BCUT2D eigenvalue weighted by molar-refractivity contribution is 5.94. The van der Waals surface area contributed by atoms with Gasteiger partial charge in [0.1, 0.15) is 11.5 Å². The molecule has 0 bridgehead atoms. The summed E-state index contributed by atoms with van der Waals surface area (Å²) in [7, 11) is 3.42. The fraction of sp³-hybridized carbons (Fsp3) is 0.359. The van der Waals surface area contributed by atoms with Crippen LogP contribution < -0.4 is 9.47 Å². The fourth-order valence-corrected chi connectivity index (χ4v) is 7.09. The molecule has 234 valence electrons. The Morgan fingerprint density at radius 3 is 1.93 bits per heavy atom. The lowest BCUT2D eigenvalue weighted by Gasteiger charge is -2.44. The van der Waals surface area contributed by atoms with Crippen molar-refractivity contribution in [1.29, 1.82) is 0 Å². The summed E-state index contributed by atoms with van der Waals surface area (Å²) in [5, 5.41) is 0. The zero-order chi connectivity index (χ0) is 31.1. The predicted octanol–water partition coefficient (Wildman–Crippen LogP) is 6.29. The van der Waals surface area contributed by atoms with Crippen LogP contribution in [-0.2, 0) is 18.4 Å². The van der Waals surface area contributed by atoms with Gasteiger partial charge in [0.25, 0.3) is 5.91 Å². The van der Waals surface area contributed by atoms with E-state index in [1.54, 1.807) is 14.2 Å². The average molecular weight is 604 g/mol. The zero-order valence-electron chi connectivity index (χ0n) is 26.7. The van der Waals surface area contributed by atoms with E-state index in [1.807, 2.05) is 17.0 Å². The van der Waals surface area contributed by atoms with Crippen molar-refractivity contribution in [3.63, 3.8) is 0 Å². The monoisotopic (exact) mass is 603 g/mol. The first kappa shape index (κ1) is 30.9. The van der Waals surface area contributed by atoms with Crippen LogP contribution in [0.3, 0.4) is 0 Å². The van der Waals surface area contributed by atoms with Crippen LogP contribution in [0, 0.1) is 0 Å². The van der Waals surface area contributed by atoms with Gasteiger partial charge >= 0.3 is 0 Å². The summed E-state index contributed by atoms with van der Waals surface area (Å²) >= 11 is 0. The number of benzene rings is 4. The summed E-state index contributed by atoms with van der Waals surface area (Å²) in [5.74, 6) is 1.88. The van der Waals surface area contributed by atoms with Crippen LogP contribution in [0.25, 0.3) is 0 Å². The maximum absolute atomic E-state index is 13.6. The minimum atomic E-state index is -0.148. The number of hydrogen-bond acceptors (Lipinski definition) is 5. The van der Waals surface area contributed by atoms with Crippen LogP contribution in [0.5, 0.6) is 11.5 Å². The summed E-state index contributed by atoms with van der Waals surface area (Å²) in [5.41, 5.74) is 5.79. The van der Waals surface area contributed by atoms with Crippen molar-refractivity contribution in [1.82, 2.24) is 14.7 Å². The Labute approximate surface area is 268 Å². The number of amides is 1. The minimum Gasteiger partial charge on any atom is -0.497 e. The molecule has 2 heterocycles. The first-order valence-corrected chi connectivity index (χ1v) is 16.2. The van der Waals surface area contributed by atoms with E-state index in [9.17, 15) is 4.79 Å². The summed E-state index contributed by atoms with van der Waals surface area (Å²) < 4.78 is 10.9. The lowest BCUT2D eigenvalue weighted by molar-refractivity contribution is 0.0638. The molecular formula is C39H45N3O3. The highest BCUT2D eigenvalue weighted by atomic mass is 16.5. The molecule has 6 nitrogen and oxygen atoms in total. The molecule has 2 aliphatic rings. The topological polar surface area (TPSA) is 45.3 Å². The third kappa shape index (κ3) is 7.24. The molecule has 1 amide bonds. The van der Waals surface area contributed by atoms with Crippen molar-refractivity contribution >= 4 is 5.91 Å². The minimum absolute atomic E-state index is 0.143. The second kappa shape index (κ2) is 14.3. The summed E-state index contributed by atoms with van der Waals surface area (Å²) in [6.45, 7) is 7.16. The molecule has 4 aromatic carbocycles. The quantitative estimate of drug-likeness (QED) is 0.213. The highest BCUT2D eigenvalue weighted by Crippen LogP contribution is 2.42. The molecule has 0 aromatic heterocycles. The Balaban J connectivity index is 1.12. The van der Waals surface area contributed by atoms with E-state index in [4.69, 9.17) is 9.47 Å². The average Bonchev–Trinajstić information content (AvgIpc) is 3.11. The van der Waals surface area contributed by atoms with Crippen LogP contribution in [0.4, 0.5) is 0 Å². The molecule has 4 aromatic rings. The van der Waals surface area contributed by atoms with Crippen molar-refractivity contribution in [3.05, 3.63) is 131 Å². The Hall–Kier alpha value is -4.13. The second-order valence-electron chi connectivity index (χ2n) is 12.4. The molecule has 0 aliphatic carbocycles. The molecule has 6 rings (SSSR count). The van der Waals surface area contributed by atoms with Crippen molar-refractivity contribution in [2.24, 2.45) is 0 Å². The molecule has 2 aliphatic heterocycles. The molecule has 0 spiro atoms. The number of methoxy groups -OCH3 is 2. The number of piperidine rings is 1. The van der Waals surface area contributed by atoms with E-state index in [2.05, 4.69) is 101 Å². The van der Waals surface area contributed by atoms with Gasteiger partial charge in [0.15, 0.2) is 0 Å². The van der Waals surface area contributed by atoms with Crippen LogP contribution in [-0.4, -0.2) is 80.6 Å². The Morgan fingerprint density at radius 2 is 1.31 bits per heavy atom. The zero-order valence-corrected chi connectivity index (χ0v) is 26.7. The Morgan fingerprint density at radius 1 is 0.689 bits per heavy atom. The molecular weight excluding hydrogens is 558 g/mol. The van der Waals surface area contributed by atoms with Crippen LogP contribution in [0.15, 0.2) is 103 Å². The van der Waals surface area contributed by atoms with Gasteiger partial charge in [0.2, 0.25) is 0 Å². The number of hydrogen-bond donors (Lipinski definition) is 0. The lowest BCUT2D eigenvalue weighted by Crippen LogP contribution is -2.49. The number of ether oxygens (including phenoxy) is 2. The normalized spacial score (nSPS) is 17.2. The summed E-state index contributed by atoms with van der Waals surface area (Å²) in [4.78, 5) is 20.6. The standard InChI is InChI=1S/C39H45N3O3/c1-44-36-16-12-34(13-17-36)39(35-14-18-37(45-2)19-15-35)21-7-22-41(30-39)29-32-10-6-11-33(28-32)38(43)42-26-24-40(25-27-42)23-20-31-8-4-3-5-9-31/h3-6,8-19,28H,7,20-27,29-30H2,1-2H3. The number of piperazine rings is 1. The van der Waals surface area contributed by atoms with Gasteiger partial charge in [-0.3, -0.25) is 14.6 Å². The maximum Gasteiger partial charge on any atom is 0.253 e. The van der Waals surface area contributed by atoms with Crippen LogP contribution in [0.2, 0.25) is 0 Å². The largest absolute Gasteiger partial charge is 0.497 e. The van der Waals surface area contributed by atoms with E-state index >= 15 is 0 Å². The van der Waals surface area contributed by atoms with Gasteiger partial charge in [-0.2, -0.15) is 0 Å². The molecule has 0 atom stereocenters. The molecule has 0 radical (unpaired) electrons. The van der Waals surface area contributed by atoms with Gasteiger partial charge in [-0.15, -0.1) is 0 Å². The molecule has 2 fully saturated rings. The third-order valence-electron chi connectivity index (χ3n) is 9.66. The highest BCUT2D eigenvalue weighted by Gasteiger charge is 2.39. The number of likely N-dealkylation sites (tertiary alicyclic amines) is 1. The van der Waals surface area contributed by atoms with Gasteiger partial charge in [-0.25, -0.2) is 0 Å². The Bertz CT molecular complexity index is 1480. The number of rotatable bonds is 10. The first-order valence-electron chi connectivity index (χ1n) is 16.2. The SMILES string of the molecule is COc1ccc(C2(c3ccc(OC)cc3)CCCN(Cc3cccc(C(=O)N4CCN(CCc5ccccc5)CC4)c3)C2)cc1. The maximum atomic E-state index is 13.6. The van der Waals surface area contributed by atoms with E-state index in [0.29, 0.717) is 0 Å². The van der Waals surface area contributed by atoms with Crippen LogP contribution >= 0.6 is 0 Å². The third-order valence-corrected chi connectivity index (χ3v) is 9.66. The molecule has 0 unspecified atom stereocenters. The number of nitrogens with zero attached hydrogens (tertiary/aromatic N) is 3. The van der Waals surface area contributed by atoms with Gasteiger partial charge in [0, 0.05) is 56.8 Å². The van der Waals surface area contributed by atoms with Crippen molar-refractivity contribution in [2.75, 3.05) is 60.0 Å². The van der Waals surface area contributed by atoms with E-state index in [-0.39, 0.29) is 11.3 Å². The predicted molar refractivity (Wildman–Crippen MR) is 180 cm³/mol. The van der Waals surface area contributed by atoms with E-state index in [0.717, 1.165) is 88.7 Å². The van der Waals surface area contributed by atoms with E-state index < -0.39 is 0 Å². The molecule has 45 heavy (non-hydrogen) atoms. The van der Waals surface area contributed by atoms with E-state index in [1.165, 1.54) is 22.3 Å². The first-order chi connectivity index (χ1) is 22.1. The van der Waals surface area contributed by atoms with Crippen molar-refractivity contribution < 1.29 is 14.3 Å². The number of carbonyl (C=O) groups excluding carboxylic acids is 1. The second-order valence-corrected chi connectivity index (χ2v) is 12.4. The van der Waals surface area contributed by atoms with Gasteiger partial charge in [-0.1, -0.05) is 66.7 Å². The number of carbonyl (C=O) groups is 1. The van der Waals surface area contributed by atoms with Crippen molar-refractivity contribution in [3.8, 4) is 11.5 Å². The van der Waals surface area contributed by atoms with Gasteiger partial charge < -0.3 is 14.4 Å². The molecule has 0 saturated carbocycles. The summed E-state index contributed by atoms with van der Waals surface area (Å²) in [6.07, 6.45) is 3.20. The smallest absolute Gasteiger partial charge is 0.253 e. The lowest BCUT2D eigenvalue weighted by atomic mass is 9.69. The van der Waals surface area contributed by atoms with Gasteiger partial charge in [-0.05, 0) is 84.5 Å². The van der Waals surface area contributed by atoms with Gasteiger partial charge in [0.05, 0.1) is 14.2 Å². The Kier molecular flexibility index (Phi) is 9.82. The molecule has 2 saturated heterocycles. The van der Waals surface area contributed by atoms with Crippen molar-refractivity contribution in [2.45, 2.75) is 31.2 Å². The van der Waals surface area contributed by atoms with Crippen LogP contribution in [0.1, 0.15) is 45.5 Å². The fourth-order valence-electron chi connectivity index (χ4n) is 7.09. The summed E-state index contributed by atoms with van der Waals surface area (Å²) in [6, 6.07) is 36.1.